The summed E-state index contributed by atoms with van der Waals surface area (Å²) in [5.41, 5.74) is 0. The Hall–Kier alpha value is -0.340. The Kier molecular flexibility index (Phi) is 10.4. The molecule has 0 saturated carbocycles. The molecule has 0 fully saturated rings. The molecule has 0 heterocycles. The van der Waals surface area contributed by atoms with Crippen molar-refractivity contribution in [3.8, 4) is 0 Å². The minimum atomic E-state index is 0.135. The van der Waals surface area contributed by atoms with Gasteiger partial charge in [-0.25, -0.2) is 0 Å². The monoisotopic (exact) mass is 172 g/mol. The highest BCUT2D eigenvalue weighted by Gasteiger charge is 1.86. The van der Waals surface area contributed by atoms with Crippen LogP contribution in [0.25, 0.3) is 0 Å². The zero-order chi connectivity index (χ0) is 9.07. The molecule has 0 aliphatic carbocycles. The van der Waals surface area contributed by atoms with Gasteiger partial charge in [-0.2, -0.15) is 0 Å². The predicted octanol–water partition coefficient (Wildman–Crippen LogP) is 2.13. The molecule has 0 spiro atoms. The van der Waals surface area contributed by atoms with E-state index >= 15 is 0 Å². The first-order valence-corrected chi connectivity index (χ1v) is 4.75. The van der Waals surface area contributed by atoms with E-state index in [0.717, 1.165) is 19.6 Å². The van der Waals surface area contributed by atoms with Crippen LogP contribution in [0.3, 0.4) is 0 Å². The van der Waals surface area contributed by atoms with Crippen LogP contribution in [-0.4, -0.2) is 24.9 Å². The average Bonchev–Trinajstić information content (AvgIpc) is 2.10. The van der Waals surface area contributed by atoms with E-state index in [4.69, 9.17) is 9.84 Å². The van der Waals surface area contributed by atoms with Gasteiger partial charge >= 0.3 is 0 Å². The fourth-order valence-electron chi connectivity index (χ4n) is 0.900. The third kappa shape index (κ3) is 9.66. The highest BCUT2D eigenvalue weighted by atomic mass is 16.5. The third-order valence-corrected chi connectivity index (χ3v) is 1.59. The summed E-state index contributed by atoms with van der Waals surface area (Å²) in [7, 11) is 0. The van der Waals surface area contributed by atoms with Gasteiger partial charge in [-0.15, -0.1) is 0 Å². The van der Waals surface area contributed by atoms with Gasteiger partial charge in [-0.05, 0) is 12.8 Å². The number of aliphatic hydroxyl groups excluding tert-OH is 1. The topological polar surface area (TPSA) is 29.5 Å². The lowest BCUT2D eigenvalue weighted by atomic mass is 10.3. The van der Waals surface area contributed by atoms with Gasteiger partial charge in [-0.3, -0.25) is 0 Å². The predicted molar refractivity (Wildman–Crippen MR) is 51.2 cm³/mol. The normalized spacial score (nSPS) is 11.2. The molecule has 0 radical (unpaired) electrons. The molecule has 0 unspecified atom stereocenters. The molecule has 0 amide bonds. The van der Waals surface area contributed by atoms with Gasteiger partial charge in [0.25, 0.3) is 0 Å². The quantitative estimate of drug-likeness (QED) is 0.449. The van der Waals surface area contributed by atoms with Crippen LogP contribution in [0.15, 0.2) is 12.2 Å². The van der Waals surface area contributed by atoms with E-state index in [1.54, 1.807) is 6.08 Å². The summed E-state index contributed by atoms with van der Waals surface area (Å²) in [6, 6.07) is 0. The number of ether oxygens (including phenoxy) is 1. The van der Waals surface area contributed by atoms with Gasteiger partial charge in [0.1, 0.15) is 0 Å². The van der Waals surface area contributed by atoms with Crippen LogP contribution in [0.1, 0.15) is 32.6 Å². The van der Waals surface area contributed by atoms with Crippen LogP contribution in [0.5, 0.6) is 0 Å². The van der Waals surface area contributed by atoms with Crippen LogP contribution in [0.4, 0.5) is 0 Å². The molecular weight excluding hydrogens is 152 g/mol. The number of aliphatic hydroxyl groups is 1. The minimum absolute atomic E-state index is 0.135. The highest BCUT2D eigenvalue weighted by molar-refractivity contribution is 4.80. The molecule has 0 aliphatic rings. The Morgan fingerprint density at radius 2 is 2.00 bits per heavy atom. The van der Waals surface area contributed by atoms with E-state index in [1.165, 1.54) is 19.3 Å². The number of rotatable bonds is 8. The molecule has 0 aliphatic heterocycles. The lowest BCUT2D eigenvalue weighted by Gasteiger charge is -2.00. The average molecular weight is 172 g/mol. The van der Waals surface area contributed by atoms with Crippen molar-refractivity contribution >= 4 is 0 Å². The Bertz CT molecular complexity index is 100. The van der Waals surface area contributed by atoms with Crippen LogP contribution in [-0.2, 0) is 4.74 Å². The maximum Gasteiger partial charge on any atom is 0.0612 e. The van der Waals surface area contributed by atoms with E-state index in [-0.39, 0.29) is 6.61 Å². The number of unbranched alkanes of at least 4 members (excludes halogenated alkanes) is 2. The molecule has 2 nitrogen and oxygen atoms in total. The van der Waals surface area contributed by atoms with Gasteiger partial charge in [0.05, 0.1) is 13.2 Å². The largest absolute Gasteiger partial charge is 0.392 e. The van der Waals surface area contributed by atoms with Crippen molar-refractivity contribution in [1.29, 1.82) is 0 Å². The molecule has 0 rings (SSSR count). The second kappa shape index (κ2) is 10.7. The molecule has 0 atom stereocenters. The second-order valence-corrected chi connectivity index (χ2v) is 2.76. The summed E-state index contributed by atoms with van der Waals surface area (Å²) < 4.78 is 5.35. The maximum absolute atomic E-state index is 8.41. The molecule has 2 heteroatoms. The van der Waals surface area contributed by atoms with Crippen LogP contribution >= 0.6 is 0 Å². The summed E-state index contributed by atoms with van der Waals surface area (Å²) in [4.78, 5) is 0. The molecule has 0 aromatic carbocycles. The lowest BCUT2D eigenvalue weighted by molar-refractivity contribution is 0.134. The van der Waals surface area contributed by atoms with Gasteiger partial charge in [0, 0.05) is 6.61 Å². The van der Waals surface area contributed by atoms with Crippen LogP contribution in [0.2, 0.25) is 0 Å². The molecule has 0 aromatic heterocycles. The van der Waals surface area contributed by atoms with E-state index < -0.39 is 0 Å². The fraction of sp³-hybridized carbons (Fsp3) is 0.800. The lowest BCUT2D eigenvalue weighted by Crippen LogP contribution is -1.95. The molecule has 0 bridgehead atoms. The standard InChI is InChI=1S/C10H20O2/c1-2-3-6-9-12-10-7-4-5-8-11/h4-5,11H,2-3,6-10H2,1H3. The first kappa shape index (κ1) is 11.7. The number of hydrogen-bond donors (Lipinski definition) is 1. The highest BCUT2D eigenvalue weighted by Crippen LogP contribution is 1.94. The Labute approximate surface area is 75.2 Å². The zero-order valence-electron chi connectivity index (χ0n) is 7.96. The summed E-state index contributed by atoms with van der Waals surface area (Å²) in [5.74, 6) is 0. The fourth-order valence-corrected chi connectivity index (χ4v) is 0.900. The first-order chi connectivity index (χ1) is 5.91. The van der Waals surface area contributed by atoms with E-state index in [0.29, 0.717) is 0 Å². The van der Waals surface area contributed by atoms with Gasteiger partial charge in [-0.1, -0.05) is 31.9 Å². The minimum Gasteiger partial charge on any atom is -0.392 e. The summed E-state index contributed by atoms with van der Waals surface area (Å²) in [6.07, 6.45) is 8.27. The van der Waals surface area contributed by atoms with Crippen molar-refractivity contribution in [2.45, 2.75) is 32.6 Å². The third-order valence-electron chi connectivity index (χ3n) is 1.59. The number of hydrogen-bond acceptors (Lipinski definition) is 2. The van der Waals surface area contributed by atoms with Crippen molar-refractivity contribution < 1.29 is 9.84 Å². The van der Waals surface area contributed by atoms with Crippen molar-refractivity contribution in [2.24, 2.45) is 0 Å². The van der Waals surface area contributed by atoms with Gasteiger partial charge in [0.15, 0.2) is 0 Å². The van der Waals surface area contributed by atoms with Gasteiger partial charge < -0.3 is 9.84 Å². The molecule has 72 valence electrons. The van der Waals surface area contributed by atoms with Crippen molar-refractivity contribution in [1.82, 2.24) is 0 Å². The first-order valence-electron chi connectivity index (χ1n) is 4.75. The van der Waals surface area contributed by atoms with Crippen molar-refractivity contribution in [2.75, 3.05) is 19.8 Å². The molecule has 12 heavy (non-hydrogen) atoms. The maximum atomic E-state index is 8.41. The van der Waals surface area contributed by atoms with Crippen LogP contribution < -0.4 is 0 Å². The Morgan fingerprint density at radius 1 is 1.17 bits per heavy atom. The van der Waals surface area contributed by atoms with E-state index in [9.17, 15) is 0 Å². The molecular formula is C10H20O2. The van der Waals surface area contributed by atoms with Crippen LogP contribution in [0, 0.1) is 0 Å². The summed E-state index contributed by atoms with van der Waals surface area (Å²) >= 11 is 0. The van der Waals surface area contributed by atoms with Gasteiger partial charge in [0.2, 0.25) is 0 Å². The van der Waals surface area contributed by atoms with E-state index in [1.807, 2.05) is 6.08 Å². The van der Waals surface area contributed by atoms with Crippen molar-refractivity contribution in [3.05, 3.63) is 12.2 Å². The van der Waals surface area contributed by atoms with E-state index in [2.05, 4.69) is 6.92 Å². The summed E-state index contributed by atoms with van der Waals surface area (Å²) in [5, 5.41) is 8.41. The summed E-state index contributed by atoms with van der Waals surface area (Å²) in [6.45, 7) is 3.97. The SMILES string of the molecule is CCCCCOCCC=CCO. The zero-order valence-corrected chi connectivity index (χ0v) is 7.96. The molecule has 0 aromatic rings. The smallest absolute Gasteiger partial charge is 0.0612 e. The molecule has 0 saturated heterocycles. The molecule has 1 N–H and O–H groups in total. The second-order valence-electron chi connectivity index (χ2n) is 2.76. The Morgan fingerprint density at radius 3 is 2.67 bits per heavy atom. The van der Waals surface area contributed by atoms with Crippen molar-refractivity contribution in [3.63, 3.8) is 0 Å². The Balaban J connectivity index is 2.86.